The van der Waals surface area contributed by atoms with Crippen LogP contribution in [0.4, 0.5) is 5.69 Å². The molecule has 0 bridgehead atoms. The molecule has 0 saturated heterocycles. The number of nitro groups is 1. The molecular weight excluding hydrogens is 282 g/mol. The van der Waals surface area contributed by atoms with Gasteiger partial charge in [0.2, 0.25) is 5.28 Å². The highest BCUT2D eigenvalue weighted by Crippen LogP contribution is 2.33. The summed E-state index contributed by atoms with van der Waals surface area (Å²) in [5.74, 6) is 0.350. The summed E-state index contributed by atoms with van der Waals surface area (Å²) in [7, 11) is 0. The highest BCUT2D eigenvalue weighted by molar-refractivity contribution is 6.28. The number of hydrogen-bond acceptors (Lipinski definition) is 5. The van der Waals surface area contributed by atoms with Gasteiger partial charge in [-0.1, -0.05) is 12.1 Å². The SMILES string of the molecule is Cc1ccc(C)c(Oc2nc(Cl)nc(C)c2[N+](=O)[O-])c1. The molecule has 20 heavy (non-hydrogen) atoms. The Balaban J connectivity index is 2.53. The lowest BCUT2D eigenvalue weighted by Crippen LogP contribution is -2.02. The summed E-state index contributed by atoms with van der Waals surface area (Å²) in [6.45, 7) is 5.23. The van der Waals surface area contributed by atoms with Crippen molar-refractivity contribution in [3.63, 3.8) is 0 Å². The summed E-state index contributed by atoms with van der Waals surface area (Å²) in [6.07, 6.45) is 0. The van der Waals surface area contributed by atoms with Gasteiger partial charge in [0.05, 0.1) is 4.92 Å². The Kier molecular flexibility index (Phi) is 3.85. The number of halogens is 1. The molecule has 0 N–H and O–H groups in total. The van der Waals surface area contributed by atoms with Crippen LogP contribution in [0, 0.1) is 30.9 Å². The van der Waals surface area contributed by atoms with E-state index in [2.05, 4.69) is 9.97 Å². The summed E-state index contributed by atoms with van der Waals surface area (Å²) in [6, 6.07) is 5.57. The van der Waals surface area contributed by atoms with Crippen LogP contribution in [0.3, 0.4) is 0 Å². The van der Waals surface area contributed by atoms with Gasteiger partial charge in [0.15, 0.2) is 0 Å². The lowest BCUT2D eigenvalue weighted by Gasteiger charge is -2.09. The predicted molar refractivity (Wildman–Crippen MR) is 74.4 cm³/mol. The van der Waals surface area contributed by atoms with Crippen LogP contribution in [0.1, 0.15) is 16.8 Å². The summed E-state index contributed by atoms with van der Waals surface area (Å²) >= 11 is 5.74. The van der Waals surface area contributed by atoms with Crippen LogP contribution in [0.25, 0.3) is 0 Å². The van der Waals surface area contributed by atoms with Gasteiger partial charge in [0.25, 0.3) is 0 Å². The van der Waals surface area contributed by atoms with E-state index in [1.165, 1.54) is 6.92 Å². The van der Waals surface area contributed by atoms with E-state index in [-0.39, 0.29) is 22.5 Å². The van der Waals surface area contributed by atoms with Crippen molar-refractivity contribution in [2.24, 2.45) is 0 Å². The molecule has 0 radical (unpaired) electrons. The Morgan fingerprint density at radius 2 is 1.95 bits per heavy atom. The molecule has 104 valence electrons. The third kappa shape index (κ3) is 2.85. The maximum atomic E-state index is 11.1. The van der Waals surface area contributed by atoms with Crippen molar-refractivity contribution in [1.29, 1.82) is 0 Å². The molecule has 0 unspecified atom stereocenters. The van der Waals surface area contributed by atoms with E-state index in [4.69, 9.17) is 16.3 Å². The summed E-state index contributed by atoms with van der Waals surface area (Å²) in [5.41, 5.74) is 1.70. The molecule has 0 saturated carbocycles. The molecule has 2 rings (SSSR count). The average molecular weight is 294 g/mol. The summed E-state index contributed by atoms with van der Waals surface area (Å²) in [5, 5.41) is 11.0. The molecule has 7 heteroatoms. The van der Waals surface area contributed by atoms with Gasteiger partial charge in [-0.15, -0.1) is 0 Å². The minimum atomic E-state index is -0.577. The first-order valence-corrected chi connectivity index (χ1v) is 6.20. The zero-order valence-corrected chi connectivity index (χ0v) is 11.9. The monoisotopic (exact) mass is 293 g/mol. The highest BCUT2D eigenvalue weighted by Gasteiger charge is 2.24. The number of nitrogens with zero attached hydrogens (tertiary/aromatic N) is 3. The Morgan fingerprint density at radius 1 is 1.25 bits per heavy atom. The lowest BCUT2D eigenvalue weighted by molar-refractivity contribution is -0.386. The van der Waals surface area contributed by atoms with Crippen LogP contribution in [0.15, 0.2) is 18.2 Å². The van der Waals surface area contributed by atoms with Gasteiger partial charge in [0, 0.05) is 0 Å². The zero-order valence-electron chi connectivity index (χ0n) is 11.2. The second-order valence-electron chi connectivity index (χ2n) is 4.36. The first-order valence-electron chi connectivity index (χ1n) is 5.82. The molecule has 6 nitrogen and oxygen atoms in total. The molecule has 1 aromatic heterocycles. The van der Waals surface area contributed by atoms with Crippen molar-refractivity contribution < 1.29 is 9.66 Å². The number of aromatic nitrogens is 2. The topological polar surface area (TPSA) is 78.2 Å². The van der Waals surface area contributed by atoms with Crippen LogP contribution < -0.4 is 4.74 Å². The van der Waals surface area contributed by atoms with Crippen LogP contribution in [0.2, 0.25) is 5.28 Å². The van der Waals surface area contributed by atoms with E-state index < -0.39 is 4.92 Å². The second-order valence-corrected chi connectivity index (χ2v) is 4.70. The van der Waals surface area contributed by atoms with Gasteiger partial charge in [-0.25, -0.2) is 4.98 Å². The Labute approximate surface area is 120 Å². The van der Waals surface area contributed by atoms with Crippen LogP contribution >= 0.6 is 11.6 Å². The smallest absolute Gasteiger partial charge is 0.352 e. The van der Waals surface area contributed by atoms with Crippen molar-refractivity contribution in [1.82, 2.24) is 9.97 Å². The summed E-state index contributed by atoms with van der Waals surface area (Å²) in [4.78, 5) is 18.1. The average Bonchev–Trinajstić information content (AvgIpc) is 2.32. The van der Waals surface area contributed by atoms with E-state index in [0.717, 1.165) is 11.1 Å². The normalized spacial score (nSPS) is 10.4. The van der Waals surface area contributed by atoms with E-state index >= 15 is 0 Å². The van der Waals surface area contributed by atoms with Crippen molar-refractivity contribution in [3.05, 3.63) is 50.4 Å². The molecule has 1 heterocycles. The van der Waals surface area contributed by atoms with E-state index in [9.17, 15) is 10.1 Å². The molecule has 0 fully saturated rings. The zero-order chi connectivity index (χ0) is 14.9. The Hall–Kier alpha value is -2.21. The van der Waals surface area contributed by atoms with Crippen molar-refractivity contribution in [2.45, 2.75) is 20.8 Å². The number of ether oxygens (including phenoxy) is 1. The maximum Gasteiger partial charge on any atom is 0.352 e. The van der Waals surface area contributed by atoms with Crippen molar-refractivity contribution in [3.8, 4) is 11.6 Å². The quantitative estimate of drug-likeness (QED) is 0.489. The van der Waals surface area contributed by atoms with Crippen molar-refractivity contribution >= 4 is 17.3 Å². The first kappa shape index (κ1) is 14.2. The molecule has 0 aliphatic heterocycles. The molecular formula is C13H12ClN3O3. The molecule has 0 spiro atoms. The number of benzene rings is 1. The minimum absolute atomic E-state index is 0.0894. The minimum Gasteiger partial charge on any atom is -0.433 e. The van der Waals surface area contributed by atoms with E-state index in [0.29, 0.717) is 5.75 Å². The molecule has 0 aliphatic carbocycles. The van der Waals surface area contributed by atoms with Crippen LogP contribution in [0.5, 0.6) is 11.6 Å². The third-order valence-electron chi connectivity index (χ3n) is 2.73. The Bertz CT molecular complexity index is 689. The largest absolute Gasteiger partial charge is 0.433 e. The lowest BCUT2D eigenvalue weighted by atomic mass is 10.1. The second kappa shape index (κ2) is 5.42. The number of rotatable bonds is 3. The predicted octanol–water partition coefficient (Wildman–Crippen LogP) is 3.76. The van der Waals surface area contributed by atoms with Gasteiger partial charge in [-0.2, -0.15) is 4.98 Å². The number of aryl methyl sites for hydroxylation is 3. The fourth-order valence-corrected chi connectivity index (χ4v) is 1.91. The third-order valence-corrected chi connectivity index (χ3v) is 2.90. The molecule has 1 aromatic carbocycles. The van der Waals surface area contributed by atoms with Crippen molar-refractivity contribution in [2.75, 3.05) is 0 Å². The maximum absolute atomic E-state index is 11.1. The van der Waals surface area contributed by atoms with E-state index in [1.54, 1.807) is 6.07 Å². The fraction of sp³-hybridized carbons (Fsp3) is 0.231. The molecule has 0 aliphatic rings. The van der Waals surface area contributed by atoms with Gasteiger partial charge in [-0.05, 0) is 49.6 Å². The Morgan fingerprint density at radius 3 is 2.60 bits per heavy atom. The molecule has 0 atom stereocenters. The number of hydrogen-bond donors (Lipinski definition) is 0. The van der Waals surface area contributed by atoms with Gasteiger partial charge in [0.1, 0.15) is 11.4 Å². The first-order chi connectivity index (χ1) is 9.38. The molecule has 2 aromatic rings. The van der Waals surface area contributed by atoms with Gasteiger partial charge >= 0.3 is 11.6 Å². The fourth-order valence-electron chi connectivity index (χ4n) is 1.71. The van der Waals surface area contributed by atoms with Gasteiger partial charge in [-0.3, -0.25) is 10.1 Å². The summed E-state index contributed by atoms with van der Waals surface area (Å²) < 4.78 is 5.57. The molecule has 0 amide bonds. The standard InChI is InChI=1S/C13H12ClN3O3/c1-7-4-5-8(2)10(6-7)20-12-11(17(18)19)9(3)15-13(14)16-12/h4-6H,1-3H3. The van der Waals surface area contributed by atoms with Crippen LogP contribution in [-0.2, 0) is 0 Å². The van der Waals surface area contributed by atoms with Crippen LogP contribution in [-0.4, -0.2) is 14.9 Å². The van der Waals surface area contributed by atoms with E-state index in [1.807, 2.05) is 26.0 Å². The van der Waals surface area contributed by atoms with Gasteiger partial charge < -0.3 is 4.74 Å². The highest BCUT2D eigenvalue weighted by atomic mass is 35.5.